The molecule has 0 saturated heterocycles. The zero-order chi connectivity index (χ0) is 13.5. The van der Waals surface area contributed by atoms with Crippen LogP contribution in [0.3, 0.4) is 0 Å². The Bertz CT molecular complexity index is 405. The standard InChI is InChI=1S/C14H19BrFNO/c1-3-17(4-2)9-8-12(18)10-11-6-5-7-13(16)14(11)15/h5-7H,3-4,8-10H2,1-2H3. The van der Waals surface area contributed by atoms with Crippen molar-refractivity contribution in [1.82, 2.24) is 4.90 Å². The van der Waals surface area contributed by atoms with Crippen molar-refractivity contribution in [2.24, 2.45) is 0 Å². The summed E-state index contributed by atoms with van der Waals surface area (Å²) < 4.78 is 13.7. The van der Waals surface area contributed by atoms with Gasteiger partial charge in [-0.3, -0.25) is 4.79 Å². The van der Waals surface area contributed by atoms with Crippen molar-refractivity contribution in [3.8, 4) is 0 Å². The van der Waals surface area contributed by atoms with Gasteiger partial charge in [-0.2, -0.15) is 0 Å². The van der Waals surface area contributed by atoms with Gasteiger partial charge < -0.3 is 4.90 Å². The molecule has 0 heterocycles. The second-order valence-corrected chi connectivity index (χ2v) is 5.00. The Labute approximate surface area is 116 Å². The third-order valence-electron chi connectivity index (χ3n) is 3.02. The average Bonchev–Trinajstić information content (AvgIpc) is 2.36. The number of hydrogen-bond acceptors (Lipinski definition) is 2. The Morgan fingerprint density at radius 3 is 2.61 bits per heavy atom. The van der Waals surface area contributed by atoms with E-state index in [4.69, 9.17) is 0 Å². The smallest absolute Gasteiger partial charge is 0.138 e. The molecule has 100 valence electrons. The first-order chi connectivity index (χ1) is 8.58. The zero-order valence-corrected chi connectivity index (χ0v) is 12.5. The van der Waals surface area contributed by atoms with Crippen LogP contribution < -0.4 is 0 Å². The van der Waals surface area contributed by atoms with Gasteiger partial charge >= 0.3 is 0 Å². The van der Waals surface area contributed by atoms with Gasteiger partial charge in [0.1, 0.15) is 11.6 Å². The summed E-state index contributed by atoms with van der Waals surface area (Å²) in [6, 6.07) is 4.80. The molecule has 18 heavy (non-hydrogen) atoms. The van der Waals surface area contributed by atoms with E-state index in [-0.39, 0.29) is 11.6 Å². The van der Waals surface area contributed by atoms with Crippen LogP contribution in [0.5, 0.6) is 0 Å². The number of carbonyl (C=O) groups excluding carboxylic acids is 1. The van der Waals surface area contributed by atoms with Gasteiger partial charge in [0, 0.05) is 19.4 Å². The molecular formula is C14H19BrFNO. The van der Waals surface area contributed by atoms with Crippen molar-refractivity contribution in [1.29, 1.82) is 0 Å². The van der Waals surface area contributed by atoms with Crippen LogP contribution in [-0.2, 0) is 11.2 Å². The second-order valence-electron chi connectivity index (χ2n) is 4.21. The molecule has 0 amide bonds. The number of nitrogens with zero attached hydrogens (tertiary/aromatic N) is 1. The predicted octanol–water partition coefficient (Wildman–Crippen LogP) is 3.43. The highest BCUT2D eigenvalue weighted by Gasteiger charge is 2.10. The number of rotatable bonds is 7. The van der Waals surface area contributed by atoms with Gasteiger partial charge in [0.05, 0.1) is 4.47 Å². The minimum atomic E-state index is -0.316. The maximum absolute atomic E-state index is 13.3. The van der Waals surface area contributed by atoms with Crippen LogP contribution in [0, 0.1) is 5.82 Å². The third-order valence-corrected chi connectivity index (χ3v) is 3.91. The van der Waals surface area contributed by atoms with E-state index in [1.165, 1.54) is 6.07 Å². The van der Waals surface area contributed by atoms with Crippen LogP contribution >= 0.6 is 15.9 Å². The Morgan fingerprint density at radius 1 is 1.33 bits per heavy atom. The van der Waals surface area contributed by atoms with E-state index in [2.05, 4.69) is 34.7 Å². The summed E-state index contributed by atoms with van der Waals surface area (Å²) in [5.41, 5.74) is 0.722. The quantitative estimate of drug-likeness (QED) is 0.768. The molecule has 2 nitrogen and oxygen atoms in total. The van der Waals surface area contributed by atoms with E-state index in [1.807, 2.05) is 0 Å². The number of halogens is 2. The van der Waals surface area contributed by atoms with E-state index >= 15 is 0 Å². The van der Waals surface area contributed by atoms with Crippen molar-refractivity contribution in [3.05, 3.63) is 34.1 Å². The van der Waals surface area contributed by atoms with Crippen molar-refractivity contribution in [3.63, 3.8) is 0 Å². The van der Waals surface area contributed by atoms with Gasteiger partial charge in [-0.25, -0.2) is 4.39 Å². The molecule has 0 aliphatic heterocycles. The Morgan fingerprint density at radius 2 is 2.00 bits per heavy atom. The highest BCUT2D eigenvalue weighted by molar-refractivity contribution is 9.10. The zero-order valence-electron chi connectivity index (χ0n) is 10.9. The lowest BCUT2D eigenvalue weighted by molar-refractivity contribution is -0.118. The first kappa shape index (κ1) is 15.3. The molecule has 0 saturated carbocycles. The average molecular weight is 316 g/mol. The lowest BCUT2D eigenvalue weighted by Crippen LogP contribution is -2.26. The lowest BCUT2D eigenvalue weighted by atomic mass is 10.1. The molecule has 1 rings (SSSR count). The van der Waals surface area contributed by atoms with Crippen molar-refractivity contribution in [2.75, 3.05) is 19.6 Å². The summed E-state index contributed by atoms with van der Waals surface area (Å²) in [5.74, 6) is -0.169. The maximum Gasteiger partial charge on any atom is 0.138 e. The van der Waals surface area contributed by atoms with Crippen molar-refractivity contribution >= 4 is 21.7 Å². The summed E-state index contributed by atoms with van der Waals surface area (Å²) in [5, 5.41) is 0. The molecule has 1 aromatic rings. The molecule has 0 radical (unpaired) electrons. The van der Waals surface area contributed by atoms with Gasteiger partial charge in [0.15, 0.2) is 0 Å². The number of ketones is 1. The van der Waals surface area contributed by atoms with Gasteiger partial charge in [0.25, 0.3) is 0 Å². The minimum Gasteiger partial charge on any atom is -0.303 e. The van der Waals surface area contributed by atoms with Gasteiger partial charge in [-0.1, -0.05) is 26.0 Å². The van der Waals surface area contributed by atoms with E-state index < -0.39 is 0 Å². The van der Waals surface area contributed by atoms with E-state index in [0.717, 1.165) is 25.2 Å². The molecule has 0 aliphatic rings. The third kappa shape index (κ3) is 4.50. The topological polar surface area (TPSA) is 20.3 Å². The summed E-state index contributed by atoms with van der Waals surface area (Å²) in [6.07, 6.45) is 0.810. The van der Waals surface area contributed by atoms with Crippen molar-refractivity contribution in [2.45, 2.75) is 26.7 Å². The second kappa shape index (κ2) is 7.64. The summed E-state index contributed by atoms with van der Waals surface area (Å²) in [6.45, 7) is 6.84. The SMILES string of the molecule is CCN(CC)CCC(=O)Cc1cccc(F)c1Br. The highest BCUT2D eigenvalue weighted by atomic mass is 79.9. The molecule has 0 aliphatic carbocycles. The normalized spacial score (nSPS) is 10.9. The first-order valence-corrected chi connectivity index (χ1v) is 7.04. The van der Waals surface area contributed by atoms with E-state index in [0.29, 0.717) is 17.3 Å². The highest BCUT2D eigenvalue weighted by Crippen LogP contribution is 2.21. The van der Waals surface area contributed by atoms with Crippen LogP contribution in [0.15, 0.2) is 22.7 Å². The molecule has 0 N–H and O–H groups in total. The molecule has 0 spiro atoms. The van der Waals surface area contributed by atoms with Crippen LogP contribution in [-0.4, -0.2) is 30.3 Å². The summed E-state index contributed by atoms with van der Waals surface area (Å²) in [4.78, 5) is 14.0. The lowest BCUT2D eigenvalue weighted by Gasteiger charge is -2.17. The Kier molecular flexibility index (Phi) is 6.50. The van der Waals surface area contributed by atoms with Crippen LogP contribution in [0.25, 0.3) is 0 Å². The van der Waals surface area contributed by atoms with Gasteiger partial charge in [0.2, 0.25) is 0 Å². The summed E-state index contributed by atoms with van der Waals surface area (Å²) >= 11 is 3.18. The predicted molar refractivity (Wildman–Crippen MR) is 75.2 cm³/mol. The Hall–Kier alpha value is -0.740. The van der Waals surface area contributed by atoms with Gasteiger partial charge in [-0.05, 0) is 40.6 Å². The van der Waals surface area contributed by atoms with Crippen LogP contribution in [0.2, 0.25) is 0 Å². The number of Topliss-reactive ketones (excluding diaryl/α,β-unsaturated/α-hetero) is 1. The fourth-order valence-electron chi connectivity index (χ4n) is 1.81. The number of carbonyl (C=O) groups is 1. The van der Waals surface area contributed by atoms with Crippen LogP contribution in [0.4, 0.5) is 4.39 Å². The number of benzene rings is 1. The maximum atomic E-state index is 13.3. The molecule has 0 aromatic heterocycles. The fourth-order valence-corrected chi connectivity index (χ4v) is 2.21. The monoisotopic (exact) mass is 315 g/mol. The molecular weight excluding hydrogens is 297 g/mol. The fraction of sp³-hybridized carbons (Fsp3) is 0.500. The molecule has 0 atom stereocenters. The Balaban J connectivity index is 2.52. The van der Waals surface area contributed by atoms with Gasteiger partial charge in [-0.15, -0.1) is 0 Å². The van der Waals surface area contributed by atoms with Crippen LogP contribution in [0.1, 0.15) is 25.8 Å². The molecule has 0 bridgehead atoms. The molecule has 4 heteroatoms. The van der Waals surface area contributed by atoms with E-state index in [1.54, 1.807) is 12.1 Å². The van der Waals surface area contributed by atoms with Crippen molar-refractivity contribution < 1.29 is 9.18 Å². The number of hydrogen-bond donors (Lipinski definition) is 0. The first-order valence-electron chi connectivity index (χ1n) is 6.25. The molecule has 1 aromatic carbocycles. The molecule has 0 fully saturated rings. The minimum absolute atomic E-state index is 0.146. The molecule has 0 unspecified atom stereocenters. The van der Waals surface area contributed by atoms with E-state index in [9.17, 15) is 9.18 Å². The largest absolute Gasteiger partial charge is 0.303 e. The summed E-state index contributed by atoms with van der Waals surface area (Å²) in [7, 11) is 0.